The highest BCUT2D eigenvalue weighted by molar-refractivity contribution is 5.98. The van der Waals surface area contributed by atoms with E-state index in [1.807, 2.05) is 30.3 Å². The molecule has 3 aromatic rings. The van der Waals surface area contributed by atoms with Crippen molar-refractivity contribution in [2.45, 2.75) is 0 Å². The van der Waals surface area contributed by atoms with Gasteiger partial charge in [0.1, 0.15) is 22.8 Å². The van der Waals surface area contributed by atoms with Crippen molar-refractivity contribution >= 4 is 11.9 Å². The molecule has 150 valence electrons. The zero-order valence-electron chi connectivity index (χ0n) is 16.3. The molecule has 8 nitrogen and oxygen atoms in total. The molecule has 2 aromatic carbocycles. The smallest absolute Gasteiger partial charge is 0.342 e. The van der Waals surface area contributed by atoms with E-state index in [-0.39, 0.29) is 12.2 Å². The molecule has 0 fully saturated rings. The van der Waals surface area contributed by atoms with Gasteiger partial charge in [0.2, 0.25) is 0 Å². The summed E-state index contributed by atoms with van der Waals surface area (Å²) in [5.74, 6) is 0.0224. The van der Waals surface area contributed by atoms with Gasteiger partial charge in [0, 0.05) is 18.8 Å². The van der Waals surface area contributed by atoms with E-state index in [0.29, 0.717) is 22.8 Å². The highest BCUT2D eigenvalue weighted by Gasteiger charge is 2.23. The van der Waals surface area contributed by atoms with Crippen LogP contribution in [0.5, 0.6) is 11.5 Å². The van der Waals surface area contributed by atoms with Crippen molar-refractivity contribution in [2.24, 2.45) is 0 Å². The highest BCUT2D eigenvalue weighted by atomic mass is 16.5. The summed E-state index contributed by atoms with van der Waals surface area (Å²) in [6.45, 7) is -0.388. The number of rotatable bonds is 7. The van der Waals surface area contributed by atoms with E-state index < -0.39 is 11.9 Å². The quantitative estimate of drug-likeness (QED) is 0.618. The first-order valence-electron chi connectivity index (χ1n) is 8.82. The van der Waals surface area contributed by atoms with Gasteiger partial charge in [-0.25, -0.2) is 9.48 Å². The van der Waals surface area contributed by atoms with E-state index in [1.54, 1.807) is 36.2 Å². The van der Waals surface area contributed by atoms with E-state index in [1.165, 1.54) is 14.2 Å². The molecule has 0 unspecified atom stereocenters. The second-order valence-corrected chi connectivity index (χ2v) is 5.99. The Bertz CT molecular complexity index is 1010. The molecule has 1 N–H and O–H groups in total. The van der Waals surface area contributed by atoms with Crippen molar-refractivity contribution in [2.75, 3.05) is 27.9 Å². The molecule has 3 rings (SSSR count). The second kappa shape index (κ2) is 8.92. The fraction of sp³-hybridized carbons (Fsp3) is 0.190. The van der Waals surface area contributed by atoms with Crippen molar-refractivity contribution in [3.05, 3.63) is 60.3 Å². The van der Waals surface area contributed by atoms with Crippen LogP contribution in [-0.4, -0.2) is 49.5 Å². The van der Waals surface area contributed by atoms with E-state index >= 15 is 0 Å². The van der Waals surface area contributed by atoms with Crippen molar-refractivity contribution in [3.63, 3.8) is 0 Å². The van der Waals surface area contributed by atoms with E-state index in [4.69, 9.17) is 14.2 Å². The summed E-state index contributed by atoms with van der Waals surface area (Å²) in [4.78, 5) is 24.2. The van der Waals surface area contributed by atoms with Crippen LogP contribution >= 0.6 is 0 Å². The third-order valence-corrected chi connectivity index (χ3v) is 4.23. The number of nitrogens with zero attached hydrogens (tertiary/aromatic N) is 2. The predicted molar refractivity (Wildman–Crippen MR) is 106 cm³/mol. The Morgan fingerprint density at radius 2 is 1.83 bits per heavy atom. The SMILES string of the molecule is CNC(=O)COC(=O)c1cn(-c2ccccc2)nc1-c1cc(OC)ccc1OC. The molecule has 1 heterocycles. The molecule has 0 spiro atoms. The van der Waals surface area contributed by atoms with E-state index in [9.17, 15) is 9.59 Å². The predicted octanol–water partition coefficient (Wildman–Crippen LogP) is 2.46. The lowest BCUT2D eigenvalue weighted by Gasteiger charge is -2.10. The summed E-state index contributed by atoms with van der Waals surface area (Å²) < 4.78 is 17.5. The van der Waals surface area contributed by atoms with Gasteiger partial charge in [0.15, 0.2) is 6.61 Å². The van der Waals surface area contributed by atoms with Crippen LogP contribution in [0, 0.1) is 0 Å². The largest absolute Gasteiger partial charge is 0.497 e. The molecule has 0 aliphatic carbocycles. The molecule has 0 saturated heterocycles. The van der Waals surface area contributed by atoms with Crippen molar-refractivity contribution in [1.29, 1.82) is 0 Å². The molecular weight excluding hydrogens is 374 g/mol. The van der Waals surface area contributed by atoms with Gasteiger partial charge in [-0.05, 0) is 30.3 Å². The minimum Gasteiger partial charge on any atom is -0.497 e. The van der Waals surface area contributed by atoms with Crippen LogP contribution in [0.25, 0.3) is 16.9 Å². The van der Waals surface area contributed by atoms with Gasteiger partial charge in [0.05, 0.1) is 19.9 Å². The summed E-state index contributed by atoms with van der Waals surface area (Å²) in [5.41, 5.74) is 1.88. The number of ether oxygens (including phenoxy) is 3. The normalized spacial score (nSPS) is 10.3. The van der Waals surface area contributed by atoms with Gasteiger partial charge in [0.25, 0.3) is 5.91 Å². The summed E-state index contributed by atoms with van der Waals surface area (Å²) >= 11 is 0. The second-order valence-electron chi connectivity index (χ2n) is 5.99. The van der Waals surface area contributed by atoms with Gasteiger partial charge in [-0.15, -0.1) is 0 Å². The Hall–Kier alpha value is -3.81. The number of carbonyl (C=O) groups excluding carboxylic acids is 2. The standard InChI is InChI=1S/C21H21N3O5/c1-22-19(25)13-29-21(26)17-12-24(14-7-5-4-6-8-14)23-20(17)16-11-15(27-2)9-10-18(16)28-3/h4-12H,13H2,1-3H3,(H,22,25). The Kier molecular flexibility index (Phi) is 6.13. The molecule has 1 aromatic heterocycles. The number of benzene rings is 2. The van der Waals surface area contributed by atoms with Gasteiger partial charge < -0.3 is 19.5 Å². The monoisotopic (exact) mass is 395 g/mol. The van der Waals surface area contributed by atoms with Crippen LogP contribution in [-0.2, 0) is 9.53 Å². The lowest BCUT2D eigenvalue weighted by atomic mass is 10.1. The topological polar surface area (TPSA) is 91.7 Å². The summed E-state index contributed by atoms with van der Waals surface area (Å²) in [6, 6.07) is 14.6. The fourth-order valence-corrected chi connectivity index (χ4v) is 2.72. The first-order valence-corrected chi connectivity index (χ1v) is 8.82. The maximum atomic E-state index is 12.7. The molecule has 0 bridgehead atoms. The Morgan fingerprint density at radius 3 is 2.48 bits per heavy atom. The molecule has 8 heteroatoms. The van der Waals surface area contributed by atoms with Gasteiger partial charge in [-0.3, -0.25) is 4.79 Å². The van der Waals surface area contributed by atoms with Gasteiger partial charge in [-0.1, -0.05) is 18.2 Å². The van der Waals surface area contributed by atoms with Crippen LogP contribution in [0.3, 0.4) is 0 Å². The first kappa shape index (κ1) is 19.9. The molecule has 1 amide bonds. The van der Waals surface area contributed by atoms with Crippen molar-refractivity contribution < 1.29 is 23.8 Å². The Labute approximate surface area is 168 Å². The highest BCUT2D eigenvalue weighted by Crippen LogP contribution is 2.35. The molecule has 0 aliphatic rings. The third-order valence-electron chi connectivity index (χ3n) is 4.23. The van der Waals surface area contributed by atoms with Crippen LogP contribution in [0.4, 0.5) is 0 Å². The lowest BCUT2D eigenvalue weighted by Crippen LogP contribution is -2.25. The van der Waals surface area contributed by atoms with E-state index in [2.05, 4.69) is 10.4 Å². The molecule has 29 heavy (non-hydrogen) atoms. The Morgan fingerprint density at radius 1 is 1.07 bits per heavy atom. The maximum Gasteiger partial charge on any atom is 0.342 e. The number of aromatic nitrogens is 2. The minimum absolute atomic E-state index is 0.198. The molecule has 0 radical (unpaired) electrons. The number of hydrogen-bond acceptors (Lipinski definition) is 6. The zero-order chi connectivity index (χ0) is 20.8. The number of carbonyl (C=O) groups is 2. The number of likely N-dealkylation sites (N-methyl/N-ethyl adjacent to an activating group) is 1. The Balaban J connectivity index is 2.11. The molecular formula is C21H21N3O5. The van der Waals surface area contributed by atoms with Gasteiger partial charge in [-0.2, -0.15) is 5.10 Å². The summed E-state index contributed by atoms with van der Waals surface area (Å²) in [6.07, 6.45) is 1.57. The van der Waals surface area contributed by atoms with E-state index in [0.717, 1.165) is 5.69 Å². The average Bonchev–Trinajstić information content (AvgIpc) is 3.22. The maximum absolute atomic E-state index is 12.7. The average molecular weight is 395 g/mol. The molecule has 0 atom stereocenters. The first-order chi connectivity index (χ1) is 14.1. The van der Waals surface area contributed by atoms with Crippen LogP contribution in [0.15, 0.2) is 54.7 Å². The lowest BCUT2D eigenvalue weighted by molar-refractivity contribution is -0.123. The third kappa shape index (κ3) is 4.37. The van der Waals surface area contributed by atoms with Crippen LogP contribution in [0.1, 0.15) is 10.4 Å². The number of hydrogen-bond donors (Lipinski definition) is 1. The van der Waals surface area contributed by atoms with Crippen molar-refractivity contribution in [1.82, 2.24) is 15.1 Å². The summed E-state index contributed by atoms with van der Waals surface area (Å²) in [7, 11) is 4.55. The fourth-order valence-electron chi connectivity index (χ4n) is 2.72. The van der Waals surface area contributed by atoms with Gasteiger partial charge >= 0.3 is 5.97 Å². The number of para-hydroxylation sites is 1. The number of amides is 1. The van der Waals surface area contributed by atoms with Crippen LogP contribution < -0.4 is 14.8 Å². The number of methoxy groups -OCH3 is 2. The molecule has 0 aliphatic heterocycles. The van der Waals surface area contributed by atoms with Crippen molar-refractivity contribution in [3.8, 4) is 28.4 Å². The molecule has 0 saturated carbocycles. The number of esters is 1. The van der Waals surface area contributed by atoms with Crippen LogP contribution in [0.2, 0.25) is 0 Å². The summed E-state index contributed by atoms with van der Waals surface area (Å²) in [5, 5.41) is 6.99. The minimum atomic E-state index is -0.671. The zero-order valence-corrected chi connectivity index (χ0v) is 16.3. The number of nitrogens with one attached hydrogen (secondary N) is 1.